The van der Waals surface area contributed by atoms with Crippen molar-refractivity contribution in [1.82, 2.24) is 0 Å². The minimum atomic E-state index is -4.29. The predicted molar refractivity (Wildman–Crippen MR) is 74.5 cm³/mol. The van der Waals surface area contributed by atoms with E-state index in [0.717, 1.165) is 17.3 Å². The fourth-order valence-electron chi connectivity index (χ4n) is 1.65. The molecule has 2 unspecified atom stereocenters. The molecule has 0 aliphatic heterocycles. The minimum absolute atomic E-state index is 0.00617. The normalized spacial score (nSPS) is 16.2. The number of halogens is 3. The Morgan fingerprint density at radius 2 is 1.53 bits per heavy atom. The second kappa shape index (κ2) is 5.75. The molecule has 2 atom stereocenters. The molecule has 0 amide bonds. The van der Waals surface area contributed by atoms with Crippen LogP contribution in [0.4, 0.5) is 13.2 Å². The standard InChI is InChI=1S/C14H20F3NS/c1-9(18)12(14(15,16)17)19-11-7-5-10(6-8-11)13(2,3)4/h5-9,12H,18H2,1-4H3. The van der Waals surface area contributed by atoms with E-state index in [2.05, 4.69) is 20.8 Å². The smallest absolute Gasteiger partial charge is 0.327 e. The van der Waals surface area contributed by atoms with Gasteiger partial charge in [-0.3, -0.25) is 0 Å². The fourth-order valence-corrected chi connectivity index (χ4v) is 2.59. The molecular formula is C14H20F3NS. The van der Waals surface area contributed by atoms with E-state index >= 15 is 0 Å². The molecule has 5 heteroatoms. The van der Waals surface area contributed by atoms with Gasteiger partial charge < -0.3 is 5.73 Å². The first-order chi connectivity index (χ1) is 8.51. The summed E-state index contributed by atoms with van der Waals surface area (Å²) >= 11 is 0.773. The molecule has 0 aliphatic rings. The van der Waals surface area contributed by atoms with Crippen molar-refractivity contribution in [3.8, 4) is 0 Å². The molecule has 108 valence electrons. The first-order valence-electron chi connectivity index (χ1n) is 6.11. The monoisotopic (exact) mass is 291 g/mol. The zero-order valence-electron chi connectivity index (χ0n) is 11.6. The van der Waals surface area contributed by atoms with Gasteiger partial charge >= 0.3 is 6.18 Å². The van der Waals surface area contributed by atoms with Crippen LogP contribution in [0.3, 0.4) is 0 Å². The Labute approximate surface area is 116 Å². The van der Waals surface area contributed by atoms with E-state index in [0.29, 0.717) is 4.90 Å². The highest BCUT2D eigenvalue weighted by molar-refractivity contribution is 8.00. The summed E-state index contributed by atoms with van der Waals surface area (Å²) in [5.74, 6) is 0. The molecular weight excluding hydrogens is 271 g/mol. The number of rotatable bonds is 3. The summed E-state index contributed by atoms with van der Waals surface area (Å²) in [6, 6.07) is 6.26. The topological polar surface area (TPSA) is 26.0 Å². The van der Waals surface area contributed by atoms with Crippen LogP contribution in [-0.2, 0) is 5.41 Å². The van der Waals surface area contributed by atoms with Crippen molar-refractivity contribution in [3.63, 3.8) is 0 Å². The van der Waals surface area contributed by atoms with Gasteiger partial charge in [-0.15, -0.1) is 11.8 Å². The molecule has 0 spiro atoms. The van der Waals surface area contributed by atoms with Crippen LogP contribution in [-0.4, -0.2) is 17.5 Å². The molecule has 1 aromatic rings. The van der Waals surface area contributed by atoms with Crippen LogP contribution < -0.4 is 5.73 Å². The van der Waals surface area contributed by atoms with Gasteiger partial charge in [0.25, 0.3) is 0 Å². The molecule has 0 aliphatic carbocycles. The molecule has 19 heavy (non-hydrogen) atoms. The second-order valence-corrected chi connectivity index (χ2v) is 6.93. The van der Waals surface area contributed by atoms with Gasteiger partial charge in [-0.25, -0.2) is 0 Å². The van der Waals surface area contributed by atoms with Crippen LogP contribution in [0.1, 0.15) is 33.3 Å². The van der Waals surface area contributed by atoms with E-state index in [1.165, 1.54) is 6.92 Å². The van der Waals surface area contributed by atoms with E-state index in [9.17, 15) is 13.2 Å². The molecule has 1 aromatic carbocycles. The highest BCUT2D eigenvalue weighted by atomic mass is 32.2. The summed E-state index contributed by atoms with van der Waals surface area (Å²) in [5.41, 5.74) is 6.52. The van der Waals surface area contributed by atoms with Gasteiger partial charge in [-0.2, -0.15) is 13.2 Å². The zero-order valence-corrected chi connectivity index (χ0v) is 12.4. The molecule has 0 bridgehead atoms. The van der Waals surface area contributed by atoms with Crippen LogP contribution >= 0.6 is 11.8 Å². The van der Waals surface area contributed by atoms with Gasteiger partial charge in [-0.1, -0.05) is 32.9 Å². The Kier molecular flexibility index (Phi) is 4.96. The van der Waals surface area contributed by atoms with Crippen LogP contribution in [0, 0.1) is 0 Å². The maximum atomic E-state index is 12.8. The van der Waals surface area contributed by atoms with Crippen molar-refractivity contribution < 1.29 is 13.2 Å². The maximum absolute atomic E-state index is 12.8. The van der Waals surface area contributed by atoms with Gasteiger partial charge in [0.15, 0.2) is 0 Å². The minimum Gasteiger partial charge on any atom is -0.327 e. The van der Waals surface area contributed by atoms with Crippen molar-refractivity contribution in [2.75, 3.05) is 0 Å². The first kappa shape index (κ1) is 16.4. The average molecular weight is 291 g/mol. The molecule has 2 N–H and O–H groups in total. The number of hydrogen-bond acceptors (Lipinski definition) is 2. The lowest BCUT2D eigenvalue weighted by Gasteiger charge is -2.24. The highest BCUT2D eigenvalue weighted by Gasteiger charge is 2.42. The number of nitrogens with two attached hydrogens (primary N) is 1. The Morgan fingerprint density at radius 1 is 1.05 bits per heavy atom. The molecule has 0 heterocycles. The number of alkyl halides is 3. The van der Waals surface area contributed by atoms with E-state index in [-0.39, 0.29) is 5.41 Å². The summed E-state index contributed by atoms with van der Waals surface area (Å²) < 4.78 is 38.5. The molecule has 0 aromatic heterocycles. The van der Waals surface area contributed by atoms with Crippen molar-refractivity contribution in [3.05, 3.63) is 29.8 Å². The van der Waals surface area contributed by atoms with Crippen molar-refractivity contribution in [2.45, 2.75) is 55.5 Å². The van der Waals surface area contributed by atoms with E-state index in [1.54, 1.807) is 12.1 Å². The van der Waals surface area contributed by atoms with Gasteiger partial charge in [0.05, 0.1) is 0 Å². The molecule has 0 fully saturated rings. The first-order valence-corrected chi connectivity index (χ1v) is 6.99. The summed E-state index contributed by atoms with van der Waals surface area (Å²) in [6.07, 6.45) is -4.29. The van der Waals surface area contributed by atoms with Crippen molar-refractivity contribution in [1.29, 1.82) is 0 Å². The fraction of sp³-hybridized carbons (Fsp3) is 0.571. The third-order valence-corrected chi connectivity index (χ3v) is 4.28. The van der Waals surface area contributed by atoms with Crippen LogP contribution in [0.2, 0.25) is 0 Å². The van der Waals surface area contributed by atoms with Crippen molar-refractivity contribution in [2.24, 2.45) is 5.73 Å². The van der Waals surface area contributed by atoms with E-state index in [1.807, 2.05) is 12.1 Å². The highest BCUT2D eigenvalue weighted by Crippen LogP contribution is 2.37. The molecule has 0 saturated heterocycles. The van der Waals surface area contributed by atoms with Gasteiger partial charge in [0, 0.05) is 10.9 Å². The lowest BCUT2D eigenvalue weighted by Crippen LogP contribution is -2.40. The lowest BCUT2D eigenvalue weighted by atomic mass is 9.87. The zero-order chi connectivity index (χ0) is 14.8. The van der Waals surface area contributed by atoms with E-state index in [4.69, 9.17) is 5.73 Å². The molecule has 0 radical (unpaired) electrons. The summed E-state index contributed by atoms with van der Waals surface area (Å²) in [6.45, 7) is 7.58. The quantitative estimate of drug-likeness (QED) is 0.838. The maximum Gasteiger partial charge on any atom is 0.402 e. The molecule has 1 nitrogen and oxygen atoms in total. The summed E-state index contributed by atoms with van der Waals surface area (Å²) in [7, 11) is 0. The summed E-state index contributed by atoms with van der Waals surface area (Å²) in [4.78, 5) is 0.590. The van der Waals surface area contributed by atoms with Gasteiger partial charge in [0.1, 0.15) is 5.25 Å². The summed E-state index contributed by atoms with van der Waals surface area (Å²) in [5, 5.41) is -1.58. The van der Waals surface area contributed by atoms with Crippen LogP contribution in [0.5, 0.6) is 0 Å². The largest absolute Gasteiger partial charge is 0.402 e. The van der Waals surface area contributed by atoms with Gasteiger partial charge in [-0.05, 0) is 30.0 Å². The second-order valence-electron chi connectivity index (χ2n) is 5.71. The van der Waals surface area contributed by atoms with E-state index < -0.39 is 17.5 Å². The van der Waals surface area contributed by atoms with Crippen LogP contribution in [0.15, 0.2) is 29.2 Å². The third-order valence-electron chi connectivity index (χ3n) is 2.78. The Hall–Kier alpha value is -0.680. The predicted octanol–water partition coefficient (Wildman–Crippen LogP) is 4.35. The number of benzene rings is 1. The third kappa shape index (κ3) is 4.73. The SMILES string of the molecule is CC(N)C(Sc1ccc(C(C)(C)C)cc1)C(F)(F)F. The number of thioether (sulfide) groups is 1. The molecule has 0 saturated carbocycles. The van der Waals surface area contributed by atoms with Gasteiger partial charge in [0.2, 0.25) is 0 Å². The number of hydrogen-bond donors (Lipinski definition) is 1. The Morgan fingerprint density at radius 3 is 1.84 bits per heavy atom. The average Bonchev–Trinajstić information content (AvgIpc) is 2.23. The van der Waals surface area contributed by atoms with Crippen molar-refractivity contribution >= 4 is 11.8 Å². The lowest BCUT2D eigenvalue weighted by molar-refractivity contribution is -0.131. The Bertz CT molecular complexity index is 404. The van der Waals surface area contributed by atoms with Crippen LogP contribution in [0.25, 0.3) is 0 Å². The molecule has 1 rings (SSSR count). The Balaban J connectivity index is 2.88.